The molecule has 1 N–H and O–H groups in total. The zero-order valence-electron chi connectivity index (χ0n) is 10.7. The Balaban J connectivity index is 2.00. The van der Waals surface area contributed by atoms with Crippen molar-refractivity contribution >= 4 is 28.1 Å². The number of carbonyl (C=O) groups is 1. The highest BCUT2D eigenvalue weighted by molar-refractivity contribution is 9.10. The number of pyridine rings is 1. The van der Waals surface area contributed by atoms with Gasteiger partial charge in [0.15, 0.2) is 0 Å². The molecule has 0 aliphatic rings. The number of carbonyl (C=O) groups excluding carboxylic acids is 1. The average molecular weight is 334 g/mol. The van der Waals surface area contributed by atoms with Gasteiger partial charge in [0.1, 0.15) is 5.75 Å². The van der Waals surface area contributed by atoms with E-state index >= 15 is 0 Å². The van der Waals surface area contributed by atoms with Gasteiger partial charge in [-0.1, -0.05) is 0 Å². The summed E-state index contributed by atoms with van der Waals surface area (Å²) in [6.45, 7) is 0. The molecule has 0 aliphatic carbocycles. The summed E-state index contributed by atoms with van der Waals surface area (Å²) in [5.41, 5.74) is 3.74. The SMILES string of the molecule is COc1ccc(/C=N/NC(=O)c2cccnc2)cc1Br. The molecule has 102 valence electrons. The lowest BCUT2D eigenvalue weighted by atomic mass is 10.2. The molecule has 0 bridgehead atoms. The maximum atomic E-state index is 11.7. The third kappa shape index (κ3) is 3.64. The molecule has 1 amide bonds. The third-order valence-corrected chi connectivity index (χ3v) is 3.10. The van der Waals surface area contributed by atoms with Crippen molar-refractivity contribution in [1.29, 1.82) is 0 Å². The lowest BCUT2D eigenvalue weighted by molar-refractivity contribution is 0.0955. The Bertz CT molecular complexity index is 630. The normalized spacial score (nSPS) is 10.5. The van der Waals surface area contributed by atoms with Gasteiger partial charge >= 0.3 is 0 Å². The van der Waals surface area contributed by atoms with Crippen molar-refractivity contribution in [3.63, 3.8) is 0 Å². The Hall–Kier alpha value is -2.21. The van der Waals surface area contributed by atoms with Crippen LogP contribution in [0.1, 0.15) is 15.9 Å². The number of ether oxygens (including phenoxy) is 1. The molecule has 1 aromatic carbocycles. The van der Waals surface area contributed by atoms with Gasteiger partial charge in [-0.05, 0) is 51.8 Å². The number of methoxy groups -OCH3 is 1. The van der Waals surface area contributed by atoms with E-state index in [1.807, 2.05) is 18.2 Å². The molecule has 0 atom stereocenters. The second kappa shape index (κ2) is 6.81. The molecule has 1 heterocycles. The second-order valence-electron chi connectivity index (χ2n) is 3.83. The van der Waals surface area contributed by atoms with Gasteiger partial charge in [0.25, 0.3) is 5.91 Å². The number of rotatable bonds is 4. The minimum Gasteiger partial charge on any atom is -0.496 e. The number of amides is 1. The van der Waals surface area contributed by atoms with E-state index < -0.39 is 0 Å². The van der Waals surface area contributed by atoms with Gasteiger partial charge in [0, 0.05) is 12.4 Å². The van der Waals surface area contributed by atoms with Crippen molar-refractivity contribution in [3.8, 4) is 5.75 Å². The molecule has 2 aromatic rings. The lowest BCUT2D eigenvalue weighted by Crippen LogP contribution is -2.17. The molecule has 0 spiro atoms. The summed E-state index contributed by atoms with van der Waals surface area (Å²) in [4.78, 5) is 15.6. The molecular formula is C14H12BrN3O2. The lowest BCUT2D eigenvalue weighted by Gasteiger charge is -2.03. The Morgan fingerprint density at radius 3 is 2.95 bits per heavy atom. The molecular weight excluding hydrogens is 322 g/mol. The second-order valence-corrected chi connectivity index (χ2v) is 4.69. The summed E-state index contributed by atoms with van der Waals surface area (Å²) >= 11 is 3.38. The van der Waals surface area contributed by atoms with Gasteiger partial charge in [-0.15, -0.1) is 0 Å². The fraction of sp³-hybridized carbons (Fsp3) is 0.0714. The molecule has 6 heteroatoms. The Labute approximate surface area is 124 Å². The molecule has 0 saturated heterocycles. The van der Waals surface area contributed by atoms with Crippen LogP contribution in [0.15, 0.2) is 52.3 Å². The Morgan fingerprint density at radius 2 is 2.30 bits per heavy atom. The van der Waals surface area contributed by atoms with Crippen LogP contribution in [-0.2, 0) is 0 Å². The van der Waals surface area contributed by atoms with Gasteiger partial charge in [-0.3, -0.25) is 9.78 Å². The minimum atomic E-state index is -0.304. The summed E-state index contributed by atoms with van der Waals surface area (Å²) in [6.07, 6.45) is 4.64. The number of hydrogen-bond donors (Lipinski definition) is 1. The molecule has 0 aliphatic heterocycles. The van der Waals surface area contributed by atoms with Crippen molar-refractivity contribution in [2.24, 2.45) is 5.10 Å². The molecule has 0 radical (unpaired) electrons. The monoisotopic (exact) mass is 333 g/mol. The Morgan fingerprint density at radius 1 is 1.45 bits per heavy atom. The van der Waals surface area contributed by atoms with Crippen molar-refractivity contribution in [2.45, 2.75) is 0 Å². The first-order valence-corrected chi connectivity index (χ1v) is 6.57. The quantitative estimate of drug-likeness (QED) is 0.691. The van der Waals surface area contributed by atoms with E-state index in [0.29, 0.717) is 5.56 Å². The highest BCUT2D eigenvalue weighted by Crippen LogP contribution is 2.24. The van der Waals surface area contributed by atoms with Crippen molar-refractivity contribution in [1.82, 2.24) is 10.4 Å². The smallest absolute Gasteiger partial charge is 0.272 e. The van der Waals surface area contributed by atoms with Crippen LogP contribution in [0.4, 0.5) is 0 Å². The van der Waals surface area contributed by atoms with Gasteiger partial charge < -0.3 is 4.74 Å². The summed E-state index contributed by atoms with van der Waals surface area (Å²) in [5, 5.41) is 3.90. The predicted molar refractivity (Wildman–Crippen MR) is 80.0 cm³/mol. The van der Waals surface area contributed by atoms with E-state index in [1.165, 1.54) is 6.20 Å². The number of halogens is 1. The third-order valence-electron chi connectivity index (χ3n) is 2.48. The highest BCUT2D eigenvalue weighted by Gasteiger charge is 2.03. The first-order valence-electron chi connectivity index (χ1n) is 5.77. The summed E-state index contributed by atoms with van der Waals surface area (Å²) in [5.74, 6) is 0.434. The van der Waals surface area contributed by atoms with Crippen molar-refractivity contribution in [2.75, 3.05) is 7.11 Å². The largest absolute Gasteiger partial charge is 0.496 e. The van der Waals surface area contributed by atoms with E-state index in [4.69, 9.17) is 4.74 Å². The van der Waals surface area contributed by atoms with Gasteiger partial charge in [0.05, 0.1) is 23.4 Å². The van der Waals surface area contributed by atoms with Crippen LogP contribution in [0.25, 0.3) is 0 Å². The van der Waals surface area contributed by atoms with E-state index in [-0.39, 0.29) is 5.91 Å². The topological polar surface area (TPSA) is 63.6 Å². The molecule has 2 rings (SSSR count). The molecule has 0 unspecified atom stereocenters. The first kappa shape index (κ1) is 14.2. The van der Waals surface area contributed by atoms with Crippen LogP contribution >= 0.6 is 15.9 Å². The standard InChI is InChI=1S/C14H12BrN3O2/c1-20-13-5-4-10(7-12(13)15)8-17-18-14(19)11-3-2-6-16-9-11/h2-9H,1H3,(H,18,19)/b17-8+. The molecule has 5 nitrogen and oxygen atoms in total. The summed E-state index contributed by atoms with van der Waals surface area (Å²) in [7, 11) is 1.60. The Kier molecular flexibility index (Phi) is 4.84. The number of nitrogens with one attached hydrogen (secondary N) is 1. The number of nitrogens with zero attached hydrogens (tertiary/aromatic N) is 2. The van der Waals surface area contributed by atoms with Crippen molar-refractivity contribution < 1.29 is 9.53 Å². The summed E-state index contributed by atoms with van der Waals surface area (Å²) in [6, 6.07) is 8.86. The van der Waals surface area contributed by atoms with Crippen LogP contribution in [-0.4, -0.2) is 24.2 Å². The van der Waals surface area contributed by atoms with Crippen LogP contribution in [0.5, 0.6) is 5.75 Å². The number of hydrogen-bond acceptors (Lipinski definition) is 4. The van der Waals surface area contributed by atoms with Crippen LogP contribution < -0.4 is 10.2 Å². The fourth-order valence-electron chi connectivity index (χ4n) is 1.49. The van der Waals surface area contributed by atoms with E-state index in [2.05, 4.69) is 31.4 Å². The zero-order chi connectivity index (χ0) is 14.4. The van der Waals surface area contributed by atoms with Crippen LogP contribution in [0.2, 0.25) is 0 Å². The highest BCUT2D eigenvalue weighted by atomic mass is 79.9. The maximum absolute atomic E-state index is 11.7. The van der Waals surface area contributed by atoms with Crippen LogP contribution in [0.3, 0.4) is 0 Å². The average Bonchev–Trinajstić information content (AvgIpc) is 2.48. The van der Waals surface area contributed by atoms with Gasteiger partial charge in [-0.25, -0.2) is 5.43 Å². The van der Waals surface area contributed by atoms with Crippen molar-refractivity contribution in [3.05, 3.63) is 58.3 Å². The molecule has 1 aromatic heterocycles. The van der Waals surface area contributed by atoms with Crippen LogP contribution in [0, 0.1) is 0 Å². The number of aromatic nitrogens is 1. The molecule has 0 fully saturated rings. The van der Waals surface area contributed by atoms with E-state index in [0.717, 1.165) is 15.8 Å². The number of benzene rings is 1. The van der Waals surface area contributed by atoms with Gasteiger partial charge in [-0.2, -0.15) is 5.10 Å². The van der Waals surface area contributed by atoms with E-state index in [9.17, 15) is 4.79 Å². The zero-order valence-corrected chi connectivity index (χ0v) is 12.3. The first-order chi connectivity index (χ1) is 9.70. The van der Waals surface area contributed by atoms with Gasteiger partial charge in [0.2, 0.25) is 0 Å². The van der Waals surface area contributed by atoms with E-state index in [1.54, 1.807) is 31.7 Å². The minimum absolute atomic E-state index is 0.304. The maximum Gasteiger partial charge on any atom is 0.272 e. The summed E-state index contributed by atoms with van der Waals surface area (Å²) < 4.78 is 5.95. The molecule has 0 saturated carbocycles. The fourth-order valence-corrected chi connectivity index (χ4v) is 2.05. The predicted octanol–water partition coefficient (Wildman–Crippen LogP) is 2.62. The number of hydrazone groups is 1. The molecule has 20 heavy (non-hydrogen) atoms.